The minimum atomic E-state index is -0.269. The van der Waals surface area contributed by atoms with Crippen LogP contribution in [0.3, 0.4) is 0 Å². The molecule has 4 heteroatoms. The van der Waals surface area contributed by atoms with Gasteiger partial charge in [-0.1, -0.05) is 42.5 Å². The molecule has 0 radical (unpaired) electrons. The lowest BCUT2D eigenvalue weighted by Crippen LogP contribution is -2.43. The Morgan fingerprint density at radius 1 is 1.04 bits per heavy atom. The van der Waals surface area contributed by atoms with E-state index in [1.807, 2.05) is 55.3 Å². The molecule has 3 aromatic rings. The second kappa shape index (κ2) is 7.91. The number of ether oxygens (including phenoxy) is 1. The van der Waals surface area contributed by atoms with E-state index >= 15 is 0 Å². The molecule has 0 saturated carbocycles. The molecular weight excluding hydrogens is 324 g/mol. The lowest BCUT2D eigenvalue weighted by Gasteiger charge is -2.26. The van der Waals surface area contributed by atoms with Gasteiger partial charge in [0, 0.05) is 19.3 Å². The zero-order valence-corrected chi connectivity index (χ0v) is 15.4. The fourth-order valence-electron chi connectivity index (χ4n) is 2.88. The van der Waals surface area contributed by atoms with Crippen LogP contribution in [-0.2, 0) is 11.3 Å². The topological polar surface area (TPSA) is 41.6 Å². The summed E-state index contributed by atoms with van der Waals surface area (Å²) in [6, 6.07) is 21.9. The lowest BCUT2D eigenvalue weighted by atomic mass is 10.1. The molecule has 4 nitrogen and oxygen atoms in total. The number of amides is 1. The van der Waals surface area contributed by atoms with E-state index in [1.165, 1.54) is 10.8 Å². The minimum absolute atomic E-state index is 0.00326. The standard InChI is InChI=1S/C22H24N2O2/c1-16(22(25)23-15-17-8-12-21(26-3)13-9-17)24(2)20-11-10-18-6-4-5-7-19(18)14-20/h4-14,16H,15H2,1-3H3,(H,23,25)/t16-/m0/s1. The Bertz CT molecular complexity index is 890. The van der Waals surface area contributed by atoms with Gasteiger partial charge in [-0.25, -0.2) is 0 Å². The Morgan fingerprint density at radius 2 is 1.73 bits per heavy atom. The average molecular weight is 348 g/mol. The molecule has 3 rings (SSSR count). The van der Waals surface area contributed by atoms with Gasteiger partial charge in [-0.15, -0.1) is 0 Å². The summed E-state index contributed by atoms with van der Waals surface area (Å²) in [7, 11) is 3.59. The SMILES string of the molecule is COc1ccc(CNC(=O)[C@H](C)N(C)c2ccc3ccccc3c2)cc1. The van der Waals surface area contributed by atoms with Crippen molar-refractivity contribution in [3.8, 4) is 5.75 Å². The van der Waals surface area contributed by atoms with Crippen LogP contribution in [0, 0.1) is 0 Å². The number of anilines is 1. The molecule has 1 N–H and O–H groups in total. The summed E-state index contributed by atoms with van der Waals surface area (Å²) in [4.78, 5) is 14.5. The maximum absolute atomic E-state index is 12.5. The second-order valence-corrected chi connectivity index (χ2v) is 6.38. The van der Waals surface area contributed by atoms with Crippen LogP contribution in [0.25, 0.3) is 10.8 Å². The number of benzene rings is 3. The summed E-state index contributed by atoms with van der Waals surface area (Å²) in [5.41, 5.74) is 2.07. The Morgan fingerprint density at radius 3 is 2.42 bits per heavy atom. The first kappa shape index (κ1) is 17.8. The Hall–Kier alpha value is -3.01. The molecule has 0 bridgehead atoms. The zero-order chi connectivity index (χ0) is 18.5. The molecule has 0 aliphatic heterocycles. The highest BCUT2D eigenvalue weighted by molar-refractivity contribution is 5.88. The molecule has 0 aliphatic rings. The van der Waals surface area contributed by atoms with Gasteiger partial charge in [0.25, 0.3) is 0 Å². The summed E-state index contributed by atoms with van der Waals surface area (Å²) in [6.45, 7) is 2.41. The van der Waals surface area contributed by atoms with Crippen LogP contribution < -0.4 is 15.0 Å². The fourth-order valence-corrected chi connectivity index (χ4v) is 2.88. The number of nitrogens with zero attached hydrogens (tertiary/aromatic N) is 1. The highest BCUT2D eigenvalue weighted by atomic mass is 16.5. The zero-order valence-electron chi connectivity index (χ0n) is 15.4. The maximum atomic E-state index is 12.5. The van der Waals surface area contributed by atoms with E-state index in [1.54, 1.807) is 7.11 Å². The van der Waals surface area contributed by atoms with Crippen LogP contribution in [0.2, 0.25) is 0 Å². The third-order valence-electron chi connectivity index (χ3n) is 4.73. The third-order valence-corrected chi connectivity index (χ3v) is 4.73. The van der Waals surface area contributed by atoms with Crippen LogP contribution in [-0.4, -0.2) is 26.1 Å². The molecule has 0 heterocycles. The van der Waals surface area contributed by atoms with Crippen molar-refractivity contribution in [1.29, 1.82) is 0 Å². The molecule has 0 unspecified atom stereocenters. The molecule has 3 aromatic carbocycles. The van der Waals surface area contributed by atoms with Crippen molar-refractivity contribution in [3.05, 3.63) is 72.3 Å². The maximum Gasteiger partial charge on any atom is 0.242 e. The summed E-state index contributed by atoms with van der Waals surface area (Å²) in [6.07, 6.45) is 0. The van der Waals surface area contributed by atoms with E-state index < -0.39 is 0 Å². The van der Waals surface area contributed by atoms with Crippen molar-refractivity contribution in [1.82, 2.24) is 5.32 Å². The largest absolute Gasteiger partial charge is 0.497 e. The highest BCUT2D eigenvalue weighted by Gasteiger charge is 2.18. The van der Waals surface area contributed by atoms with Gasteiger partial charge < -0.3 is 15.0 Å². The molecule has 0 fully saturated rings. The van der Waals surface area contributed by atoms with Crippen LogP contribution in [0.1, 0.15) is 12.5 Å². The van der Waals surface area contributed by atoms with E-state index in [9.17, 15) is 4.79 Å². The van der Waals surface area contributed by atoms with Crippen LogP contribution >= 0.6 is 0 Å². The first-order valence-electron chi connectivity index (χ1n) is 8.71. The summed E-state index contributed by atoms with van der Waals surface area (Å²) in [5, 5.41) is 5.37. The van der Waals surface area contributed by atoms with E-state index in [0.29, 0.717) is 6.54 Å². The predicted molar refractivity (Wildman–Crippen MR) is 107 cm³/mol. The minimum Gasteiger partial charge on any atom is -0.497 e. The van der Waals surface area contributed by atoms with Crippen LogP contribution in [0.4, 0.5) is 5.69 Å². The van der Waals surface area contributed by atoms with Gasteiger partial charge >= 0.3 is 0 Å². The van der Waals surface area contributed by atoms with Gasteiger partial charge in [-0.2, -0.15) is 0 Å². The number of methoxy groups -OCH3 is 1. The van der Waals surface area contributed by atoms with Crippen LogP contribution in [0.5, 0.6) is 5.75 Å². The number of rotatable bonds is 6. The molecule has 0 spiro atoms. The van der Waals surface area contributed by atoms with E-state index in [2.05, 4.69) is 35.6 Å². The number of hydrogen-bond donors (Lipinski definition) is 1. The molecule has 0 saturated heterocycles. The number of carbonyl (C=O) groups excluding carboxylic acids is 1. The molecule has 1 atom stereocenters. The number of likely N-dealkylation sites (N-methyl/N-ethyl adjacent to an activating group) is 1. The number of carbonyl (C=O) groups is 1. The van der Waals surface area contributed by atoms with Gasteiger partial charge in [0.15, 0.2) is 0 Å². The summed E-state index contributed by atoms with van der Waals surface area (Å²) >= 11 is 0. The number of nitrogens with one attached hydrogen (secondary N) is 1. The molecule has 134 valence electrons. The summed E-state index contributed by atoms with van der Waals surface area (Å²) in [5.74, 6) is 0.806. The summed E-state index contributed by atoms with van der Waals surface area (Å²) < 4.78 is 5.15. The molecule has 0 aromatic heterocycles. The normalized spacial score (nSPS) is 11.8. The molecule has 1 amide bonds. The monoisotopic (exact) mass is 348 g/mol. The van der Waals surface area contributed by atoms with Crippen molar-refractivity contribution < 1.29 is 9.53 Å². The van der Waals surface area contributed by atoms with E-state index in [0.717, 1.165) is 17.0 Å². The van der Waals surface area contributed by atoms with Crippen molar-refractivity contribution >= 4 is 22.4 Å². The van der Waals surface area contributed by atoms with Gasteiger partial charge in [-0.05, 0) is 47.5 Å². The van der Waals surface area contributed by atoms with Crippen molar-refractivity contribution in [2.24, 2.45) is 0 Å². The van der Waals surface area contributed by atoms with Crippen molar-refractivity contribution in [2.75, 3.05) is 19.1 Å². The smallest absolute Gasteiger partial charge is 0.242 e. The van der Waals surface area contributed by atoms with Gasteiger partial charge in [-0.3, -0.25) is 4.79 Å². The Kier molecular flexibility index (Phi) is 5.42. The second-order valence-electron chi connectivity index (χ2n) is 6.38. The predicted octanol–water partition coefficient (Wildman–Crippen LogP) is 3.99. The van der Waals surface area contributed by atoms with E-state index in [-0.39, 0.29) is 11.9 Å². The number of fused-ring (bicyclic) bond motifs is 1. The van der Waals surface area contributed by atoms with Gasteiger partial charge in [0.1, 0.15) is 11.8 Å². The van der Waals surface area contributed by atoms with Crippen molar-refractivity contribution in [2.45, 2.75) is 19.5 Å². The average Bonchev–Trinajstić information content (AvgIpc) is 2.70. The van der Waals surface area contributed by atoms with E-state index in [4.69, 9.17) is 4.74 Å². The highest BCUT2D eigenvalue weighted by Crippen LogP contribution is 2.22. The molecular formula is C22H24N2O2. The van der Waals surface area contributed by atoms with Gasteiger partial charge in [0.05, 0.1) is 7.11 Å². The quantitative estimate of drug-likeness (QED) is 0.732. The first-order valence-corrected chi connectivity index (χ1v) is 8.71. The van der Waals surface area contributed by atoms with Crippen molar-refractivity contribution in [3.63, 3.8) is 0 Å². The van der Waals surface area contributed by atoms with Gasteiger partial charge in [0.2, 0.25) is 5.91 Å². The Balaban J connectivity index is 1.64. The Labute approximate surface area is 154 Å². The first-order chi connectivity index (χ1) is 12.6. The van der Waals surface area contributed by atoms with Crippen LogP contribution in [0.15, 0.2) is 66.7 Å². The molecule has 0 aliphatic carbocycles. The fraction of sp³-hybridized carbons (Fsp3) is 0.227. The number of hydrogen-bond acceptors (Lipinski definition) is 3. The molecule has 26 heavy (non-hydrogen) atoms. The lowest BCUT2D eigenvalue weighted by molar-refractivity contribution is -0.122. The third kappa shape index (κ3) is 3.97.